The minimum Gasteiger partial charge on any atom is -0.386 e. The molecular weight excluding hydrogens is 218 g/mol. The Kier molecular flexibility index (Phi) is 3.01. The first-order valence-corrected chi connectivity index (χ1v) is 4.25. The number of allylic oxidation sites excluding steroid dienone is 1. The van der Waals surface area contributed by atoms with Gasteiger partial charge in [0.25, 0.3) is 0 Å². The normalized spacial score (nSPS) is 33.8. The lowest BCUT2D eigenvalue weighted by molar-refractivity contribution is 0.344. The number of halogens is 1. The summed E-state index contributed by atoms with van der Waals surface area (Å²) in [5, 5.41) is 6.73. The molecule has 0 aromatic carbocycles. The molecule has 1 unspecified atom stereocenters. The molecule has 3 nitrogen and oxygen atoms in total. The fraction of sp³-hybridized carbons (Fsp3) is 0.750. The SMILES string of the molecule is Br.NC1=CCCC2(CCNC2)N1. The second kappa shape index (κ2) is 3.66. The van der Waals surface area contributed by atoms with Gasteiger partial charge in [-0.2, -0.15) is 0 Å². The van der Waals surface area contributed by atoms with Gasteiger partial charge in [-0.15, -0.1) is 17.0 Å². The number of rotatable bonds is 0. The van der Waals surface area contributed by atoms with Crippen molar-refractivity contribution in [3.63, 3.8) is 0 Å². The van der Waals surface area contributed by atoms with Crippen LogP contribution in [0.5, 0.6) is 0 Å². The number of nitrogens with two attached hydrogens (primary N) is 1. The predicted octanol–water partition coefficient (Wildman–Crippen LogP) is 0.480. The Morgan fingerprint density at radius 1 is 1.42 bits per heavy atom. The maximum Gasteiger partial charge on any atom is 0.0923 e. The van der Waals surface area contributed by atoms with E-state index in [0.717, 1.165) is 25.3 Å². The van der Waals surface area contributed by atoms with E-state index < -0.39 is 0 Å². The van der Waals surface area contributed by atoms with Crippen LogP contribution in [0.25, 0.3) is 0 Å². The van der Waals surface area contributed by atoms with E-state index in [2.05, 4.69) is 16.7 Å². The third-order valence-corrected chi connectivity index (χ3v) is 2.64. The van der Waals surface area contributed by atoms with Crippen LogP contribution in [-0.4, -0.2) is 18.6 Å². The minimum absolute atomic E-state index is 0. The summed E-state index contributed by atoms with van der Waals surface area (Å²) >= 11 is 0. The summed E-state index contributed by atoms with van der Waals surface area (Å²) in [7, 11) is 0. The molecule has 2 aliphatic heterocycles. The molecular formula is C8H16BrN3. The third-order valence-electron chi connectivity index (χ3n) is 2.64. The zero-order valence-corrected chi connectivity index (χ0v) is 8.81. The van der Waals surface area contributed by atoms with Crippen LogP contribution in [-0.2, 0) is 0 Å². The second-order valence-electron chi connectivity index (χ2n) is 3.53. The first-order valence-electron chi connectivity index (χ1n) is 4.25. The molecule has 0 saturated carbocycles. The van der Waals surface area contributed by atoms with Crippen molar-refractivity contribution in [3.8, 4) is 0 Å². The molecule has 1 saturated heterocycles. The Morgan fingerprint density at radius 3 is 2.83 bits per heavy atom. The highest BCUT2D eigenvalue weighted by Crippen LogP contribution is 2.24. The van der Waals surface area contributed by atoms with Gasteiger partial charge in [0.15, 0.2) is 0 Å². The summed E-state index contributed by atoms with van der Waals surface area (Å²) in [6, 6.07) is 0. The van der Waals surface area contributed by atoms with Crippen molar-refractivity contribution in [1.82, 2.24) is 10.6 Å². The summed E-state index contributed by atoms with van der Waals surface area (Å²) < 4.78 is 0. The smallest absolute Gasteiger partial charge is 0.0923 e. The molecule has 70 valence electrons. The van der Waals surface area contributed by atoms with Gasteiger partial charge in [0.2, 0.25) is 0 Å². The predicted molar refractivity (Wildman–Crippen MR) is 55.2 cm³/mol. The lowest BCUT2D eigenvalue weighted by Gasteiger charge is -2.33. The summed E-state index contributed by atoms with van der Waals surface area (Å²) in [6.07, 6.45) is 5.63. The maximum atomic E-state index is 5.71. The monoisotopic (exact) mass is 233 g/mol. The summed E-state index contributed by atoms with van der Waals surface area (Å²) in [5.74, 6) is 0.861. The number of hydrogen-bond acceptors (Lipinski definition) is 3. The molecule has 0 bridgehead atoms. The van der Waals surface area contributed by atoms with Gasteiger partial charge in [-0.05, 0) is 31.9 Å². The van der Waals surface area contributed by atoms with Crippen LogP contribution >= 0.6 is 17.0 Å². The van der Waals surface area contributed by atoms with Crippen molar-refractivity contribution < 1.29 is 0 Å². The van der Waals surface area contributed by atoms with E-state index >= 15 is 0 Å². The van der Waals surface area contributed by atoms with Crippen LogP contribution in [0.15, 0.2) is 11.9 Å². The topological polar surface area (TPSA) is 50.1 Å². The van der Waals surface area contributed by atoms with Gasteiger partial charge in [0, 0.05) is 6.54 Å². The quantitative estimate of drug-likeness (QED) is 0.571. The molecule has 2 heterocycles. The highest BCUT2D eigenvalue weighted by atomic mass is 79.9. The molecule has 2 aliphatic rings. The molecule has 0 aliphatic carbocycles. The lowest BCUT2D eigenvalue weighted by Crippen LogP contribution is -2.49. The third kappa shape index (κ3) is 1.75. The van der Waals surface area contributed by atoms with Crippen molar-refractivity contribution in [2.75, 3.05) is 13.1 Å². The van der Waals surface area contributed by atoms with Gasteiger partial charge < -0.3 is 16.4 Å². The van der Waals surface area contributed by atoms with Crippen LogP contribution < -0.4 is 16.4 Å². The summed E-state index contributed by atoms with van der Waals surface area (Å²) in [4.78, 5) is 0. The van der Waals surface area contributed by atoms with Crippen LogP contribution in [0, 0.1) is 0 Å². The molecule has 0 amide bonds. The van der Waals surface area contributed by atoms with Gasteiger partial charge in [-0.3, -0.25) is 0 Å². The fourth-order valence-corrected chi connectivity index (χ4v) is 1.99. The van der Waals surface area contributed by atoms with Gasteiger partial charge in [-0.1, -0.05) is 0 Å². The molecule has 12 heavy (non-hydrogen) atoms. The first kappa shape index (κ1) is 9.86. The zero-order chi connectivity index (χ0) is 7.73. The summed E-state index contributed by atoms with van der Waals surface area (Å²) in [6.45, 7) is 2.20. The van der Waals surface area contributed by atoms with E-state index in [9.17, 15) is 0 Å². The van der Waals surface area contributed by atoms with Gasteiger partial charge in [0.05, 0.1) is 11.4 Å². The van der Waals surface area contributed by atoms with Crippen LogP contribution in [0.4, 0.5) is 0 Å². The Labute approximate surface area is 83.5 Å². The van der Waals surface area contributed by atoms with Gasteiger partial charge in [-0.25, -0.2) is 0 Å². The second-order valence-corrected chi connectivity index (χ2v) is 3.53. The molecule has 4 N–H and O–H groups in total. The van der Waals surface area contributed by atoms with Crippen LogP contribution in [0.2, 0.25) is 0 Å². The molecule has 4 heteroatoms. The van der Waals surface area contributed by atoms with Crippen molar-refractivity contribution in [1.29, 1.82) is 0 Å². The Hall–Kier alpha value is -0.220. The van der Waals surface area contributed by atoms with Gasteiger partial charge >= 0.3 is 0 Å². The zero-order valence-electron chi connectivity index (χ0n) is 7.10. The number of hydrogen-bond donors (Lipinski definition) is 3. The summed E-state index contributed by atoms with van der Waals surface area (Å²) in [5.41, 5.74) is 6.00. The molecule has 1 fully saturated rings. The van der Waals surface area contributed by atoms with Crippen LogP contribution in [0.1, 0.15) is 19.3 Å². The maximum absolute atomic E-state index is 5.71. The highest BCUT2D eigenvalue weighted by Gasteiger charge is 2.34. The molecule has 0 aromatic rings. The largest absolute Gasteiger partial charge is 0.386 e. The van der Waals surface area contributed by atoms with E-state index in [4.69, 9.17) is 5.73 Å². The Balaban J connectivity index is 0.000000720. The van der Waals surface area contributed by atoms with Gasteiger partial charge in [0.1, 0.15) is 0 Å². The molecule has 0 radical (unpaired) electrons. The number of nitrogens with one attached hydrogen (secondary N) is 2. The standard InChI is InChI=1S/C8H15N3.BrH/c9-7-2-1-3-8(11-7)4-5-10-6-8;/h2,10-11H,1,3-6,9H2;1H. The first-order chi connectivity index (χ1) is 5.31. The highest BCUT2D eigenvalue weighted by molar-refractivity contribution is 8.93. The fourth-order valence-electron chi connectivity index (χ4n) is 1.99. The van der Waals surface area contributed by atoms with Crippen molar-refractivity contribution in [2.45, 2.75) is 24.8 Å². The van der Waals surface area contributed by atoms with E-state index in [1.165, 1.54) is 12.8 Å². The average molecular weight is 234 g/mol. The van der Waals surface area contributed by atoms with Crippen molar-refractivity contribution in [3.05, 3.63) is 11.9 Å². The van der Waals surface area contributed by atoms with E-state index in [1.54, 1.807) is 0 Å². The van der Waals surface area contributed by atoms with E-state index in [1.807, 2.05) is 0 Å². The van der Waals surface area contributed by atoms with Crippen molar-refractivity contribution >= 4 is 17.0 Å². The average Bonchev–Trinajstić information content (AvgIpc) is 2.37. The van der Waals surface area contributed by atoms with E-state index in [0.29, 0.717) is 5.54 Å². The minimum atomic E-state index is 0. The molecule has 0 aromatic heterocycles. The Bertz CT molecular complexity index is 185. The van der Waals surface area contributed by atoms with Crippen LogP contribution in [0.3, 0.4) is 0 Å². The molecule has 1 spiro atoms. The van der Waals surface area contributed by atoms with E-state index in [-0.39, 0.29) is 17.0 Å². The van der Waals surface area contributed by atoms with Crippen molar-refractivity contribution in [2.24, 2.45) is 5.73 Å². The molecule has 1 atom stereocenters. The Morgan fingerprint density at radius 2 is 2.25 bits per heavy atom. The molecule has 2 rings (SSSR count). The lowest BCUT2D eigenvalue weighted by atomic mass is 9.90.